The summed E-state index contributed by atoms with van der Waals surface area (Å²) in [6, 6.07) is 0. The molecule has 0 fully saturated rings. The Bertz CT molecular complexity index is 282. The quantitative estimate of drug-likeness (QED) is 0.0917. The third-order valence-corrected chi connectivity index (χ3v) is 12.3. The molecule has 2 heteroatoms. The zero-order valence-corrected chi connectivity index (χ0v) is 24.2. The molecule has 0 nitrogen and oxygen atoms in total. The lowest BCUT2D eigenvalue weighted by atomic mass is 10.1. The van der Waals surface area contributed by atoms with Gasteiger partial charge in [-0.15, -0.1) is 0 Å². The van der Waals surface area contributed by atoms with Crippen molar-refractivity contribution in [2.45, 2.75) is 163 Å². The molecule has 0 aliphatic rings. The van der Waals surface area contributed by atoms with Crippen molar-refractivity contribution in [2.75, 3.05) is 24.6 Å². The molecule has 190 valence electrons. The van der Waals surface area contributed by atoms with Crippen LogP contribution in [-0.4, -0.2) is 24.6 Å². The second-order valence-electron chi connectivity index (χ2n) is 10.2. The third kappa shape index (κ3) is 22.3. The van der Waals surface area contributed by atoms with Crippen molar-refractivity contribution in [3.63, 3.8) is 0 Å². The summed E-state index contributed by atoms with van der Waals surface area (Å²) in [5.41, 5.74) is 0. The van der Waals surface area contributed by atoms with Crippen molar-refractivity contribution in [1.29, 1.82) is 0 Å². The standard InChI is InChI=1S/C29H62P.ClH/c1-5-9-13-17-21-25-29-30(26-22-18-14-10-6-2,27-23-19-15-11-7-3)28-24-20-16-12-8-4;/h5-29H2,1-4H3;1H/q+1;/p-1. The highest BCUT2D eigenvalue weighted by molar-refractivity contribution is 7.75. The fourth-order valence-corrected chi connectivity index (χ4v) is 9.97. The van der Waals surface area contributed by atoms with Crippen molar-refractivity contribution >= 4 is 7.26 Å². The van der Waals surface area contributed by atoms with Crippen LogP contribution in [0.5, 0.6) is 0 Å². The van der Waals surface area contributed by atoms with Gasteiger partial charge >= 0.3 is 0 Å². The molecule has 0 rings (SSSR count). The molecule has 0 aliphatic heterocycles. The van der Waals surface area contributed by atoms with Crippen LogP contribution in [0.4, 0.5) is 0 Å². The molecule has 0 bridgehead atoms. The Labute approximate surface area is 206 Å². The average Bonchev–Trinajstić information content (AvgIpc) is 2.75. The van der Waals surface area contributed by atoms with E-state index in [1.807, 2.05) is 0 Å². The van der Waals surface area contributed by atoms with E-state index < -0.39 is 7.26 Å². The molecule has 0 amide bonds. The normalized spacial score (nSPS) is 11.6. The number of hydrogen-bond donors (Lipinski definition) is 0. The van der Waals surface area contributed by atoms with Crippen LogP contribution in [0.25, 0.3) is 0 Å². The van der Waals surface area contributed by atoms with Crippen LogP contribution in [0.1, 0.15) is 163 Å². The maximum Gasteiger partial charge on any atom is 0.0594 e. The van der Waals surface area contributed by atoms with Crippen molar-refractivity contribution in [3.05, 3.63) is 0 Å². The molecule has 0 saturated carbocycles. The predicted octanol–water partition coefficient (Wildman–Crippen LogP) is 8.28. The Hall–Kier alpha value is 0.720. The highest BCUT2D eigenvalue weighted by Crippen LogP contribution is 2.61. The minimum absolute atomic E-state index is 0. The van der Waals surface area contributed by atoms with Crippen LogP contribution in [0, 0.1) is 0 Å². The van der Waals surface area contributed by atoms with E-state index in [-0.39, 0.29) is 12.4 Å². The van der Waals surface area contributed by atoms with E-state index in [0.717, 1.165) is 0 Å². The number of unbranched alkanes of at least 4 members (excludes halogenated alkanes) is 17. The maximum absolute atomic E-state index is 2.35. The number of hydrogen-bond acceptors (Lipinski definition) is 0. The van der Waals surface area contributed by atoms with Gasteiger partial charge in [-0.2, -0.15) is 0 Å². The largest absolute Gasteiger partial charge is 1.00 e. The molecule has 0 atom stereocenters. The molecule has 0 unspecified atom stereocenters. The van der Waals surface area contributed by atoms with Crippen LogP contribution in [0.3, 0.4) is 0 Å². The van der Waals surface area contributed by atoms with Gasteiger partial charge in [-0.05, 0) is 51.4 Å². The van der Waals surface area contributed by atoms with Gasteiger partial charge in [-0.3, -0.25) is 0 Å². The zero-order valence-electron chi connectivity index (χ0n) is 22.5. The molecule has 0 spiro atoms. The Balaban J connectivity index is 0. The van der Waals surface area contributed by atoms with Gasteiger partial charge in [0, 0.05) is 7.26 Å². The van der Waals surface area contributed by atoms with Crippen molar-refractivity contribution in [2.24, 2.45) is 0 Å². The predicted molar refractivity (Wildman–Crippen MR) is 146 cm³/mol. The summed E-state index contributed by atoms with van der Waals surface area (Å²) in [6.07, 6.45) is 37.6. The molecule has 0 heterocycles. The minimum Gasteiger partial charge on any atom is -1.00 e. The summed E-state index contributed by atoms with van der Waals surface area (Å²) >= 11 is 0. The summed E-state index contributed by atoms with van der Waals surface area (Å²) in [7, 11) is -0.698. The van der Waals surface area contributed by atoms with E-state index in [1.165, 1.54) is 109 Å². The van der Waals surface area contributed by atoms with E-state index in [1.54, 1.807) is 50.3 Å². The van der Waals surface area contributed by atoms with Crippen LogP contribution in [0.15, 0.2) is 0 Å². The summed E-state index contributed by atoms with van der Waals surface area (Å²) in [6.45, 7) is 9.39. The lowest BCUT2D eigenvalue weighted by molar-refractivity contribution is -0.00000690. The fraction of sp³-hybridized carbons (Fsp3) is 1.00. The lowest BCUT2D eigenvalue weighted by Gasteiger charge is -2.28. The van der Waals surface area contributed by atoms with Gasteiger partial charge in [0.15, 0.2) is 0 Å². The highest BCUT2D eigenvalue weighted by atomic mass is 35.5. The fourth-order valence-electron chi connectivity index (χ4n) is 5.05. The third-order valence-electron chi connectivity index (χ3n) is 7.19. The molecule has 0 saturated heterocycles. The summed E-state index contributed by atoms with van der Waals surface area (Å²) in [4.78, 5) is 0. The Morgan fingerprint density at radius 3 is 0.710 bits per heavy atom. The number of rotatable bonds is 25. The SMILES string of the molecule is CCCCCCCC[P+](CCCCCCC)(CCCCCCC)CCCCCCC.[Cl-]. The molecule has 31 heavy (non-hydrogen) atoms. The van der Waals surface area contributed by atoms with Gasteiger partial charge in [0.2, 0.25) is 0 Å². The van der Waals surface area contributed by atoms with E-state index in [4.69, 9.17) is 0 Å². The van der Waals surface area contributed by atoms with Crippen molar-refractivity contribution < 1.29 is 12.4 Å². The first kappa shape index (κ1) is 33.9. The smallest absolute Gasteiger partial charge is 0.0594 e. The van der Waals surface area contributed by atoms with Crippen LogP contribution >= 0.6 is 7.26 Å². The Morgan fingerprint density at radius 2 is 0.484 bits per heavy atom. The van der Waals surface area contributed by atoms with Gasteiger partial charge in [-0.25, -0.2) is 0 Å². The molecule has 0 N–H and O–H groups in total. The zero-order chi connectivity index (χ0) is 22.2. The van der Waals surface area contributed by atoms with E-state index >= 15 is 0 Å². The monoisotopic (exact) mass is 476 g/mol. The Kier molecular flexibility index (Phi) is 29.5. The first-order valence-corrected chi connectivity index (χ1v) is 17.1. The molecule has 0 aromatic heterocycles. The summed E-state index contributed by atoms with van der Waals surface area (Å²) in [5.74, 6) is 0. The molecule has 0 aromatic carbocycles. The van der Waals surface area contributed by atoms with Crippen molar-refractivity contribution in [1.82, 2.24) is 0 Å². The van der Waals surface area contributed by atoms with Crippen LogP contribution < -0.4 is 12.4 Å². The van der Waals surface area contributed by atoms with E-state index in [9.17, 15) is 0 Å². The molecule has 0 aromatic rings. The van der Waals surface area contributed by atoms with Gasteiger partial charge in [-0.1, -0.05) is 111 Å². The minimum atomic E-state index is -0.698. The Morgan fingerprint density at radius 1 is 0.290 bits per heavy atom. The summed E-state index contributed by atoms with van der Waals surface area (Å²) in [5, 5.41) is 0. The highest BCUT2D eigenvalue weighted by Gasteiger charge is 2.34. The van der Waals surface area contributed by atoms with Crippen molar-refractivity contribution in [3.8, 4) is 0 Å². The van der Waals surface area contributed by atoms with Crippen LogP contribution in [0.2, 0.25) is 0 Å². The van der Waals surface area contributed by atoms with Crippen LogP contribution in [-0.2, 0) is 0 Å². The van der Waals surface area contributed by atoms with Gasteiger partial charge in [0.25, 0.3) is 0 Å². The molecule has 0 radical (unpaired) electrons. The van der Waals surface area contributed by atoms with Gasteiger partial charge in [0.1, 0.15) is 0 Å². The first-order chi connectivity index (χ1) is 14.7. The van der Waals surface area contributed by atoms with E-state index in [0.29, 0.717) is 0 Å². The second kappa shape index (κ2) is 27.0. The topological polar surface area (TPSA) is 0 Å². The molecular formula is C29H62ClP. The lowest BCUT2D eigenvalue weighted by Crippen LogP contribution is -3.00. The average molecular weight is 477 g/mol. The second-order valence-corrected chi connectivity index (χ2v) is 14.7. The first-order valence-electron chi connectivity index (χ1n) is 14.6. The molecular weight excluding hydrogens is 415 g/mol. The summed E-state index contributed by atoms with van der Waals surface area (Å²) < 4.78 is 0. The van der Waals surface area contributed by atoms with E-state index in [2.05, 4.69) is 27.7 Å². The number of halogens is 1. The van der Waals surface area contributed by atoms with Gasteiger partial charge in [0.05, 0.1) is 24.6 Å². The maximum atomic E-state index is 2.35. The molecule has 0 aliphatic carbocycles. The van der Waals surface area contributed by atoms with Gasteiger partial charge < -0.3 is 12.4 Å².